The summed E-state index contributed by atoms with van der Waals surface area (Å²) in [5, 5.41) is 1.83. The van der Waals surface area contributed by atoms with Crippen LogP contribution in [0.4, 0.5) is 5.69 Å². The van der Waals surface area contributed by atoms with Crippen molar-refractivity contribution < 1.29 is 4.79 Å². The molecule has 0 bridgehead atoms. The lowest BCUT2D eigenvalue weighted by Crippen LogP contribution is -2.36. The number of hydrogen-bond acceptors (Lipinski definition) is 3. The normalized spacial score (nSPS) is 12.9. The van der Waals surface area contributed by atoms with Crippen LogP contribution in [0.1, 0.15) is 43.9 Å². The summed E-state index contributed by atoms with van der Waals surface area (Å²) in [5.41, 5.74) is 8.49. The third-order valence-electron chi connectivity index (χ3n) is 7.79. The minimum atomic E-state index is -0.113. The SMILES string of the molecule is CC(C)=C(C)C(=O)N1CCCc2ccc(-n3c(=O)ccc4cnc5ccc(Cc6ccccc6)cc5c43)cc21. The Labute approximate surface area is 228 Å². The predicted octanol–water partition coefficient (Wildman–Crippen LogP) is 6.77. The quantitative estimate of drug-likeness (QED) is 0.197. The van der Waals surface area contributed by atoms with E-state index in [2.05, 4.69) is 35.3 Å². The summed E-state index contributed by atoms with van der Waals surface area (Å²) in [6.07, 6.45) is 4.46. The molecule has 1 amide bonds. The average Bonchev–Trinajstić information content (AvgIpc) is 2.96. The number of anilines is 1. The van der Waals surface area contributed by atoms with Crippen molar-refractivity contribution in [3.63, 3.8) is 0 Å². The van der Waals surface area contributed by atoms with E-state index in [-0.39, 0.29) is 11.5 Å². The van der Waals surface area contributed by atoms with Crippen LogP contribution in [0.3, 0.4) is 0 Å². The zero-order valence-corrected chi connectivity index (χ0v) is 22.6. The molecule has 2 aromatic heterocycles. The molecular formula is C34H31N3O2. The van der Waals surface area contributed by atoms with Gasteiger partial charge in [-0.25, -0.2) is 0 Å². The molecule has 1 aliphatic rings. The molecule has 5 aromatic rings. The van der Waals surface area contributed by atoms with Crippen LogP contribution < -0.4 is 10.5 Å². The molecule has 0 saturated heterocycles. The Morgan fingerprint density at radius 3 is 2.51 bits per heavy atom. The number of fused-ring (bicyclic) bond motifs is 4. The maximum Gasteiger partial charge on any atom is 0.255 e. The van der Waals surface area contributed by atoms with Gasteiger partial charge in [-0.2, -0.15) is 0 Å². The average molecular weight is 514 g/mol. The van der Waals surface area contributed by atoms with Gasteiger partial charge in [0.15, 0.2) is 0 Å². The molecule has 0 saturated carbocycles. The third kappa shape index (κ3) is 4.54. The number of allylic oxidation sites excluding steroid dienone is 1. The molecule has 0 fully saturated rings. The van der Waals surface area contributed by atoms with Crippen molar-refractivity contribution in [3.8, 4) is 5.69 Å². The molecule has 5 nitrogen and oxygen atoms in total. The topological polar surface area (TPSA) is 55.2 Å². The second kappa shape index (κ2) is 9.99. The van der Waals surface area contributed by atoms with Gasteiger partial charge >= 0.3 is 0 Å². The molecule has 0 atom stereocenters. The fourth-order valence-corrected chi connectivity index (χ4v) is 5.49. The maximum atomic E-state index is 13.5. The van der Waals surface area contributed by atoms with Crippen molar-refractivity contribution in [1.29, 1.82) is 0 Å². The lowest BCUT2D eigenvalue weighted by molar-refractivity contribution is -0.115. The Morgan fingerprint density at radius 1 is 0.897 bits per heavy atom. The molecule has 1 aliphatic heterocycles. The largest absolute Gasteiger partial charge is 0.308 e. The van der Waals surface area contributed by atoms with Crippen molar-refractivity contribution in [2.45, 2.75) is 40.0 Å². The smallest absolute Gasteiger partial charge is 0.255 e. The summed E-state index contributed by atoms with van der Waals surface area (Å²) in [6, 6.07) is 26.2. The highest BCUT2D eigenvalue weighted by molar-refractivity contribution is 6.07. The lowest BCUT2D eigenvalue weighted by Gasteiger charge is -2.31. The van der Waals surface area contributed by atoms with Crippen LogP contribution in [0.2, 0.25) is 0 Å². The van der Waals surface area contributed by atoms with Gasteiger partial charge < -0.3 is 4.90 Å². The molecule has 3 heterocycles. The Kier molecular flexibility index (Phi) is 6.35. The van der Waals surface area contributed by atoms with Gasteiger partial charge in [-0.05, 0) is 87.1 Å². The Bertz CT molecular complexity index is 1830. The van der Waals surface area contributed by atoms with Crippen molar-refractivity contribution in [3.05, 3.63) is 123 Å². The molecule has 3 aromatic carbocycles. The zero-order chi connectivity index (χ0) is 27.1. The molecule has 0 N–H and O–H groups in total. The first-order valence-electron chi connectivity index (χ1n) is 13.5. The Morgan fingerprint density at radius 2 is 1.72 bits per heavy atom. The van der Waals surface area contributed by atoms with Gasteiger partial charge in [-0.1, -0.05) is 48.0 Å². The van der Waals surface area contributed by atoms with Crippen molar-refractivity contribution in [1.82, 2.24) is 9.55 Å². The summed E-state index contributed by atoms with van der Waals surface area (Å²) in [6.45, 7) is 6.49. The molecule has 0 aliphatic carbocycles. The van der Waals surface area contributed by atoms with E-state index in [1.807, 2.05) is 74.3 Å². The fraction of sp³-hybridized carbons (Fsp3) is 0.206. The number of hydrogen-bond donors (Lipinski definition) is 0. The van der Waals surface area contributed by atoms with E-state index in [1.165, 1.54) is 5.56 Å². The minimum Gasteiger partial charge on any atom is -0.308 e. The number of rotatable bonds is 4. The number of amides is 1. The molecule has 39 heavy (non-hydrogen) atoms. The lowest BCUT2D eigenvalue weighted by atomic mass is 9.99. The van der Waals surface area contributed by atoms with Gasteiger partial charge in [0.05, 0.1) is 16.7 Å². The predicted molar refractivity (Wildman–Crippen MR) is 159 cm³/mol. The van der Waals surface area contributed by atoms with Gasteiger partial charge in [-0.3, -0.25) is 19.1 Å². The van der Waals surface area contributed by atoms with Gasteiger partial charge in [0.25, 0.3) is 11.5 Å². The van der Waals surface area contributed by atoms with Crippen molar-refractivity contribution in [2.24, 2.45) is 0 Å². The number of aryl methyl sites for hydroxylation is 1. The third-order valence-corrected chi connectivity index (χ3v) is 7.79. The standard InChI is InChI=1S/C34H31N3O2/c1-22(2)23(3)34(39)36-17-7-10-26-12-14-28(20-31(26)36)37-32(38)16-13-27-21-35-30-15-11-25(19-29(30)33(27)37)18-24-8-5-4-6-9-24/h4-6,8-9,11-16,19-21H,7,10,17-18H2,1-3H3. The highest BCUT2D eigenvalue weighted by Crippen LogP contribution is 2.33. The summed E-state index contributed by atoms with van der Waals surface area (Å²) in [7, 11) is 0. The first-order chi connectivity index (χ1) is 18.9. The second-order valence-corrected chi connectivity index (χ2v) is 10.6. The van der Waals surface area contributed by atoms with Crippen LogP contribution in [0.15, 0.2) is 101 Å². The van der Waals surface area contributed by atoms with Gasteiger partial charge in [0.2, 0.25) is 0 Å². The molecular weight excluding hydrogens is 482 g/mol. The summed E-state index contributed by atoms with van der Waals surface area (Å²) >= 11 is 0. The molecule has 0 unspecified atom stereocenters. The monoisotopic (exact) mass is 513 g/mol. The number of aromatic nitrogens is 2. The van der Waals surface area contributed by atoms with Crippen LogP contribution in [0.5, 0.6) is 0 Å². The van der Waals surface area contributed by atoms with E-state index in [1.54, 1.807) is 10.6 Å². The van der Waals surface area contributed by atoms with E-state index in [0.29, 0.717) is 6.54 Å². The van der Waals surface area contributed by atoms with E-state index in [4.69, 9.17) is 0 Å². The van der Waals surface area contributed by atoms with E-state index >= 15 is 0 Å². The van der Waals surface area contributed by atoms with Crippen LogP contribution in [-0.2, 0) is 17.6 Å². The van der Waals surface area contributed by atoms with Crippen molar-refractivity contribution in [2.75, 3.05) is 11.4 Å². The zero-order valence-electron chi connectivity index (χ0n) is 22.6. The number of benzene rings is 3. The minimum absolute atomic E-state index is 0.0265. The van der Waals surface area contributed by atoms with Crippen LogP contribution in [-0.4, -0.2) is 22.0 Å². The molecule has 6 rings (SSSR count). The van der Waals surface area contributed by atoms with Crippen LogP contribution in [0, 0.1) is 0 Å². The Hall–Kier alpha value is -4.51. The number of nitrogens with zero attached hydrogens (tertiary/aromatic N) is 3. The molecule has 0 spiro atoms. The highest BCUT2D eigenvalue weighted by atomic mass is 16.2. The summed E-state index contributed by atoms with van der Waals surface area (Å²) < 4.78 is 1.77. The fourth-order valence-electron chi connectivity index (χ4n) is 5.49. The van der Waals surface area contributed by atoms with Gasteiger partial charge in [0.1, 0.15) is 0 Å². The number of carbonyl (C=O) groups is 1. The van der Waals surface area contributed by atoms with E-state index < -0.39 is 0 Å². The van der Waals surface area contributed by atoms with Gasteiger partial charge in [0, 0.05) is 40.8 Å². The summed E-state index contributed by atoms with van der Waals surface area (Å²) in [4.78, 5) is 33.4. The number of carbonyl (C=O) groups excluding carboxylic acids is 1. The Balaban J connectivity index is 1.54. The van der Waals surface area contributed by atoms with Crippen LogP contribution in [0.25, 0.3) is 27.5 Å². The molecule has 0 radical (unpaired) electrons. The maximum absolute atomic E-state index is 13.5. The van der Waals surface area contributed by atoms with E-state index in [9.17, 15) is 9.59 Å². The highest BCUT2D eigenvalue weighted by Gasteiger charge is 2.25. The van der Waals surface area contributed by atoms with Gasteiger partial charge in [-0.15, -0.1) is 0 Å². The first kappa shape index (κ1) is 24.8. The molecule has 194 valence electrons. The van der Waals surface area contributed by atoms with E-state index in [0.717, 1.165) is 74.7 Å². The van der Waals surface area contributed by atoms with Crippen LogP contribution >= 0.6 is 0 Å². The molecule has 5 heteroatoms. The van der Waals surface area contributed by atoms with Crippen molar-refractivity contribution >= 4 is 33.4 Å². The first-order valence-corrected chi connectivity index (χ1v) is 13.5. The number of pyridine rings is 2. The second-order valence-electron chi connectivity index (χ2n) is 10.6. The summed E-state index contributed by atoms with van der Waals surface area (Å²) in [5.74, 6) is 0.0265.